The van der Waals surface area contributed by atoms with Crippen molar-refractivity contribution in [1.82, 2.24) is 20.2 Å². The number of nitrogens with one attached hydrogen (secondary N) is 2. The molecular formula is C19H24N4O3. The molecule has 0 bridgehead atoms. The molecule has 1 unspecified atom stereocenters. The number of hydrogen-bond acceptors (Lipinski definition) is 4. The number of nitrogens with zero attached hydrogens (tertiary/aromatic N) is 2. The van der Waals surface area contributed by atoms with Crippen molar-refractivity contribution in [2.75, 3.05) is 19.6 Å². The van der Waals surface area contributed by atoms with Gasteiger partial charge in [0.15, 0.2) is 0 Å². The second-order valence-electron chi connectivity index (χ2n) is 6.60. The molecule has 0 saturated carbocycles. The van der Waals surface area contributed by atoms with Gasteiger partial charge in [-0.05, 0) is 31.9 Å². The number of carbonyl (C=O) groups is 2. The topological polar surface area (TPSA) is 95.2 Å². The van der Waals surface area contributed by atoms with E-state index in [1.165, 1.54) is 0 Å². The fraction of sp³-hybridized carbons (Fsp3) is 0.474. The van der Waals surface area contributed by atoms with Crippen LogP contribution in [0.15, 0.2) is 29.1 Å². The minimum absolute atomic E-state index is 0.00481. The van der Waals surface area contributed by atoms with Crippen LogP contribution in [0, 0.1) is 5.92 Å². The van der Waals surface area contributed by atoms with Gasteiger partial charge in [-0.15, -0.1) is 0 Å². The molecular weight excluding hydrogens is 332 g/mol. The molecule has 3 rings (SSSR count). The lowest BCUT2D eigenvalue weighted by Gasteiger charge is -2.32. The number of aromatic nitrogens is 2. The molecule has 7 heteroatoms. The van der Waals surface area contributed by atoms with Crippen molar-refractivity contribution in [2.45, 2.75) is 32.6 Å². The maximum Gasteiger partial charge on any atom is 0.258 e. The molecule has 1 aromatic heterocycles. The summed E-state index contributed by atoms with van der Waals surface area (Å²) < 4.78 is 0. The number of carbonyl (C=O) groups excluding carboxylic acids is 2. The predicted molar refractivity (Wildman–Crippen MR) is 98.7 cm³/mol. The number of benzene rings is 1. The SMILES string of the molecule is CCNC(=O)C1CCCN(C(=O)CCc2nc3ccccc3c(=O)[nH]2)C1. The van der Waals surface area contributed by atoms with E-state index in [1.54, 1.807) is 23.1 Å². The highest BCUT2D eigenvalue weighted by molar-refractivity contribution is 5.81. The first-order chi connectivity index (χ1) is 12.6. The third-order valence-corrected chi connectivity index (χ3v) is 4.73. The number of amides is 2. The molecule has 0 spiro atoms. The number of para-hydroxylation sites is 1. The summed E-state index contributed by atoms with van der Waals surface area (Å²) in [6.07, 6.45) is 2.29. The van der Waals surface area contributed by atoms with Crippen molar-refractivity contribution in [3.63, 3.8) is 0 Å². The van der Waals surface area contributed by atoms with E-state index in [4.69, 9.17) is 0 Å². The highest BCUT2D eigenvalue weighted by Gasteiger charge is 2.27. The van der Waals surface area contributed by atoms with Crippen LogP contribution in [-0.4, -0.2) is 46.3 Å². The summed E-state index contributed by atoms with van der Waals surface area (Å²) in [6, 6.07) is 7.14. The van der Waals surface area contributed by atoms with E-state index in [9.17, 15) is 14.4 Å². The number of piperidine rings is 1. The van der Waals surface area contributed by atoms with Gasteiger partial charge in [-0.1, -0.05) is 12.1 Å². The first-order valence-electron chi connectivity index (χ1n) is 9.12. The Bertz CT molecular complexity index is 861. The summed E-state index contributed by atoms with van der Waals surface area (Å²) in [6.45, 7) is 3.63. The number of aryl methyl sites for hydroxylation is 1. The normalized spacial score (nSPS) is 17.3. The van der Waals surface area contributed by atoms with Crippen LogP contribution in [0.3, 0.4) is 0 Å². The van der Waals surface area contributed by atoms with Gasteiger partial charge in [-0.25, -0.2) is 4.98 Å². The summed E-state index contributed by atoms with van der Waals surface area (Å²) in [5, 5.41) is 3.37. The van der Waals surface area contributed by atoms with Gasteiger partial charge in [-0.2, -0.15) is 0 Å². The van der Waals surface area contributed by atoms with E-state index in [2.05, 4.69) is 15.3 Å². The molecule has 138 valence electrons. The van der Waals surface area contributed by atoms with Gasteiger partial charge in [0.1, 0.15) is 5.82 Å². The molecule has 26 heavy (non-hydrogen) atoms. The second kappa shape index (κ2) is 8.12. The second-order valence-corrected chi connectivity index (χ2v) is 6.60. The van der Waals surface area contributed by atoms with Crippen molar-refractivity contribution < 1.29 is 9.59 Å². The first kappa shape index (κ1) is 18.1. The molecule has 1 aliphatic rings. The average Bonchev–Trinajstić information content (AvgIpc) is 2.66. The molecule has 7 nitrogen and oxygen atoms in total. The van der Waals surface area contributed by atoms with Gasteiger partial charge < -0.3 is 15.2 Å². The van der Waals surface area contributed by atoms with Crippen LogP contribution in [0.25, 0.3) is 10.9 Å². The summed E-state index contributed by atoms with van der Waals surface area (Å²) in [4.78, 5) is 45.6. The number of rotatable bonds is 5. The third-order valence-electron chi connectivity index (χ3n) is 4.73. The van der Waals surface area contributed by atoms with Crippen molar-refractivity contribution in [3.05, 3.63) is 40.4 Å². The van der Waals surface area contributed by atoms with E-state index in [1.807, 2.05) is 13.0 Å². The minimum atomic E-state index is -0.188. The third kappa shape index (κ3) is 4.09. The van der Waals surface area contributed by atoms with Crippen LogP contribution in [0.1, 0.15) is 32.0 Å². The van der Waals surface area contributed by atoms with Crippen LogP contribution in [0.2, 0.25) is 0 Å². The summed E-state index contributed by atoms with van der Waals surface area (Å²) in [7, 11) is 0. The van der Waals surface area contributed by atoms with Crippen LogP contribution in [0.4, 0.5) is 0 Å². The van der Waals surface area contributed by atoms with Gasteiger partial charge >= 0.3 is 0 Å². The summed E-state index contributed by atoms with van der Waals surface area (Å²) >= 11 is 0. The lowest BCUT2D eigenvalue weighted by molar-refractivity contribution is -0.135. The van der Waals surface area contributed by atoms with E-state index in [-0.39, 0.29) is 29.7 Å². The van der Waals surface area contributed by atoms with Crippen molar-refractivity contribution in [2.24, 2.45) is 5.92 Å². The summed E-state index contributed by atoms with van der Waals surface area (Å²) in [5.74, 6) is 0.394. The summed E-state index contributed by atoms with van der Waals surface area (Å²) in [5.41, 5.74) is 0.445. The zero-order valence-electron chi connectivity index (χ0n) is 15.0. The van der Waals surface area contributed by atoms with Crippen molar-refractivity contribution in [1.29, 1.82) is 0 Å². The smallest absolute Gasteiger partial charge is 0.258 e. The van der Waals surface area contributed by atoms with Gasteiger partial charge in [0.2, 0.25) is 11.8 Å². The highest BCUT2D eigenvalue weighted by Crippen LogP contribution is 2.18. The maximum atomic E-state index is 12.5. The molecule has 1 fully saturated rings. The van der Waals surface area contributed by atoms with Gasteiger partial charge in [0.05, 0.1) is 16.8 Å². The van der Waals surface area contributed by atoms with Crippen LogP contribution in [0.5, 0.6) is 0 Å². The number of fused-ring (bicyclic) bond motifs is 1. The standard InChI is InChI=1S/C19H24N4O3/c1-2-20-18(25)13-6-5-11-23(12-13)17(24)10-9-16-21-15-8-4-3-7-14(15)19(26)22-16/h3-4,7-8,13H,2,5-6,9-12H2,1H3,(H,20,25)(H,21,22,26). The molecule has 0 radical (unpaired) electrons. The van der Waals surface area contributed by atoms with E-state index in [0.29, 0.717) is 42.8 Å². The van der Waals surface area contributed by atoms with Crippen molar-refractivity contribution >= 4 is 22.7 Å². The van der Waals surface area contributed by atoms with Crippen LogP contribution >= 0.6 is 0 Å². The quantitative estimate of drug-likeness (QED) is 0.842. The Balaban J connectivity index is 1.62. The largest absolute Gasteiger partial charge is 0.356 e. The van der Waals surface area contributed by atoms with Crippen LogP contribution in [-0.2, 0) is 16.0 Å². The lowest BCUT2D eigenvalue weighted by atomic mass is 9.96. The fourth-order valence-electron chi connectivity index (χ4n) is 3.37. The molecule has 1 atom stereocenters. The average molecular weight is 356 g/mol. The fourth-order valence-corrected chi connectivity index (χ4v) is 3.37. The zero-order chi connectivity index (χ0) is 18.5. The van der Waals surface area contributed by atoms with E-state index >= 15 is 0 Å². The van der Waals surface area contributed by atoms with Crippen molar-refractivity contribution in [3.8, 4) is 0 Å². The number of aromatic amines is 1. The van der Waals surface area contributed by atoms with Gasteiger partial charge in [-0.3, -0.25) is 14.4 Å². The number of hydrogen-bond donors (Lipinski definition) is 2. The maximum absolute atomic E-state index is 12.5. The Morgan fingerprint density at radius 3 is 2.96 bits per heavy atom. The zero-order valence-corrected chi connectivity index (χ0v) is 15.0. The minimum Gasteiger partial charge on any atom is -0.356 e. The molecule has 2 aromatic rings. The monoisotopic (exact) mass is 356 g/mol. The Morgan fingerprint density at radius 1 is 1.35 bits per heavy atom. The molecule has 1 aliphatic heterocycles. The first-order valence-corrected chi connectivity index (χ1v) is 9.12. The van der Waals surface area contributed by atoms with Gasteiger partial charge in [0, 0.05) is 32.5 Å². The molecule has 2 amide bonds. The Kier molecular flexibility index (Phi) is 5.65. The van der Waals surface area contributed by atoms with Gasteiger partial charge in [0.25, 0.3) is 5.56 Å². The molecule has 2 N–H and O–H groups in total. The lowest BCUT2D eigenvalue weighted by Crippen LogP contribution is -2.45. The molecule has 1 aromatic carbocycles. The Labute approximate surface area is 151 Å². The number of likely N-dealkylation sites (tertiary alicyclic amines) is 1. The molecule has 0 aliphatic carbocycles. The highest BCUT2D eigenvalue weighted by atomic mass is 16.2. The Morgan fingerprint density at radius 2 is 2.15 bits per heavy atom. The number of H-pyrrole nitrogens is 1. The van der Waals surface area contributed by atoms with E-state index < -0.39 is 0 Å². The predicted octanol–water partition coefficient (Wildman–Crippen LogP) is 1.23. The van der Waals surface area contributed by atoms with Crippen LogP contribution < -0.4 is 10.9 Å². The van der Waals surface area contributed by atoms with E-state index in [0.717, 1.165) is 12.8 Å². The molecule has 2 heterocycles. The molecule has 1 saturated heterocycles. The Hall–Kier alpha value is -2.70.